The van der Waals surface area contributed by atoms with Crippen LogP contribution in [0.5, 0.6) is 0 Å². The Bertz CT molecular complexity index is 377. The van der Waals surface area contributed by atoms with E-state index in [2.05, 4.69) is 16.0 Å². The van der Waals surface area contributed by atoms with Gasteiger partial charge in [-0.2, -0.15) is 0 Å². The van der Waals surface area contributed by atoms with Gasteiger partial charge in [0.2, 0.25) is 5.91 Å². The Morgan fingerprint density at radius 1 is 1.04 bits per heavy atom. The third kappa shape index (κ3) is 6.77. The van der Waals surface area contributed by atoms with Gasteiger partial charge in [-0.3, -0.25) is 4.79 Å². The average molecular weight is 325 g/mol. The van der Waals surface area contributed by atoms with Crippen LogP contribution in [-0.4, -0.2) is 43.8 Å². The van der Waals surface area contributed by atoms with Crippen LogP contribution < -0.4 is 16.0 Å². The van der Waals surface area contributed by atoms with Gasteiger partial charge in [-0.15, -0.1) is 0 Å². The Hall–Kier alpha value is -1.30. The summed E-state index contributed by atoms with van der Waals surface area (Å²) < 4.78 is 5.55. The first-order chi connectivity index (χ1) is 11.1. The third-order valence-electron chi connectivity index (χ3n) is 4.81. The van der Waals surface area contributed by atoms with Gasteiger partial charge >= 0.3 is 6.03 Å². The van der Waals surface area contributed by atoms with Gasteiger partial charge in [0.1, 0.15) is 0 Å². The topological polar surface area (TPSA) is 79.5 Å². The third-order valence-corrected chi connectivity index (χ3v) is 4.81. The van der Waals surface area contributed by atoms with Crippen LogP contribution in [0.1, 0.15) is 58.3 Å². The Balaban J connectivity index is 1.50. The summed E-state index contributed by atoms with van der Waals surface area (Å²) in [5.41, 5.74) is 0. The summed E-state index contributed by atoms with van der Waals surface area (Å²) >= 11 is 0. The zero-order valence-corrected chi connectivity index (χ0v) is 14.2. The van der Waals surface area contributed by atoms with Crippen molar-refractivity contribution in [3.8, 4) is 0 Å². The lowest BCUT2D eigenvalue weighted by Gasteiger charge is -2.21. The normalized spacial score (nSPS) is 23.3. The van der Waals surface area contributed by atoms with E-state index >= 15 is 0 Å². The Labute approximate surface area is 139 Å². The van der Waals surface area contributed by atoms with Gasteiger partial charge < -0.3 is 20.7 Å². The minimum Gasteiger partial charge on any atom is -0.376 e. The molecule has 0 spiro atoms. The van der Waals surface area contributed by atoms with Crippen molar-refractivity contribution in [1.82, 2.24) is 16.0 Å². The van der Waals surface area contributed by atoms with Crippen LogP contribution in [0.15, 0.2) is 0 Å². The summed E-state index contributed by atoms with van der Waals surface area (Å²) in [5.74, 6) is 0.652. The highest BCUT2D eigenvalue weighted by Crippen LogP contribution is 2.25. The molecule has 3 N–H and O–H groups in total. The molecule has 6 heteroatoms. The molecule has 1 saturated carbocycles. The lowest BCUT2D eigenvalue weighted by molar-refractivity contribution is -0.122. The summed E-state index contributed by atoms with van der Waals surface area (Å²) in [5, 5.41) is 8.55. The lowest BCUT2D eigenvalue weighted by atomic mass is 9.87. The van der Waals surface area contributed by atoms with Gasteiger partial charge in [-0.05, 0) is 38.5 Å². The maximum Gasteiger partial charge on any atom is 0.315 e. The molecule has 0 unspecified atom stereocenters. The molecular weight excluding hydrogens is 294 g/mol. The van der Waals surface area contributed by atoms with Crippen LogP contribution in [0.4, 0.5) is 4.79 Å². The zero-order chi connectivity index (χ0) is 16.5. The van der Waals surface area contributed by atoms with E-state index in [-0.39, 0.29) is 24.1 Å². The van der Waals surface area contributed by atoms with Crippen LogP contribution >= 0.6 is 0 Å². The van der Waals surface area contributed by atoms with Crippen molar-refractivity contribution in [3.63, 3.8) is 0 Å². The van der Waals surface area contributed by atoms with E-state index in [1.807, 2.05) is 6.92 Å². The SMILES string of the molecule is C[C@@H](NC(=O)NCCNC(=O)CC1CCCCC1)[C@H]1CCCO1. The van der Waals surface area contributed by atoms with Crippen LogP contribution in [0.25, 0.3) is 0 Å². The number of rotatable bonds is 7. The second kappa shape index (κ2) is 9.75. The predicted octanol–water partition coefficient (Wildman–Crippen LogP) is 1.94. The quantitative estimate of drug-likeness (QED) is 0.626. The highest BCUT2D eigenvalue weighted by molar-refractivity contribution is 5.76. The molecule has 23 heavy (non-hydrogen) atoms. The number of carbonyl (C=O) groups excluding carboxylic acids is 2. The number of hydrogen-bond acceptors (Lipinski definition) is 3. The van der Waals surface area contributed by atoms with E-state index in [1.165, 1.54) is 32.1 Å². The molecule has 2 rings (SSSR count). The number of amides is 3. The van der Waals surface area contributed by atoms with Gasteiger partial charge in [-0.1, -0.05) is 19.3 Å². The Morgan fingerprint density at radius 2 is 1.78 bits per heavy atom. The maximum atomic E-state index is 11.9. The highest BCUT2D eigenvalue weighted by atomic mass is 16.5. The van der Waals surface area contributed by atoms with Crippen molar-refractivity contribution in [2.45, 2.75) is 70.4 Å². The molecule has 132 valence electrons. The van der Waals surface area contributed by atoms with Gasteiger partial charge in [0, 0.05) is 26.1 Å². The van der Waals surface area contributed by atoms with E-state index in [0.717, 1.165) is 19.4 Å². The standard InChI is InChI=1S/C17H31N3O3/c1-13(15-8-5-11-23-15)20-17(22)19-10-9-18-16(21)12-14-6-3-2-4-7-14/h13-15H,2-12H2,1H3,(H,18,21)(H2,19,20,22)/t13-,15-/m1/s1. The summed E-state index contributed by atoms with van der Waals surface area (Å²) in [6.45, 7) is 3.67. The molecule has 0 aromatic rings. The molecule has 1 aliphatic carbocycles. The van der Waals surface area contributed by atoms with Crippen molar-refractivity contribution in [2.24, 2.45) is 5.92 Å². The van der Waals surface area contributed by atoms with Crippen molar-refractivity contribution in [2.75, 3.05) is 19.7 Å². The number of carbonyl (C=O) groups is 2. The molecule has 2 aliphatic rings. The second-order valence-electron chi connectivity index (χ2n) is 6.80. The molecule has 0 aromatic heterocycles. The molecule has 2 atom stereocenters. The van der Waals surface area contributed by atoms with E-state index in [4.69, 9.17) is 4.74 Å². The molecule has 0 bridgehead atoms. The maximum absolute atomic E-state index is 11.9. The van der Waals surface area contributed by atoms with Crippen molar-refractivity contribution in [3.05, 3.63) is 0 Å². The lowest BCUT2D eigenvalue weighted by Crippen LogP contribution is -2.47. The fraction of sp³-hybridized carbons (Fsp3) is 0.882. The largest absolute Gasteiger partial charge is 0.376 e. The first kappa shape index (κ1) is 18.0. The van der Waals surface area contributed by atoms with Gasteiger partial charge in [0.05, 0.1) is 12.1 Å². The van der Waals surface area contributed by atoms with E-state index in [1.54, 1.807) is 0 Å². The number of nitrogens with one attached hydrogen (secondary N) is 3. The summed E-state index contributed by atoms with van der Waals surface area (Å²) in [6.07, 6.45) is 8.97. The average Bonchev–Trinajstić information content (AvgIpc) is 3.07. The molecule has 3 amide bonds. The molecule has 0 radical (unpaired) electrons. The van der Waals surface area contributed by atoms with Gasteiger partial charge in [0.25, 0.3) is 0 Å². The zero-order valence-electron chi connectivity index (χ0n) is 14.2. The molecule has 1 saturated heterocycles. The monoisotopic (exact) mass is 325 g/mol. The van der Waals surface area contributed by atoms with Crippen LogP contribution in [-0.2, 0) is 9.53 Å². The van der Waals surface area contributed by atoms with E-state index in [9.17, 15) is 9.59 Å². The minimum atomic E-state index is -0.200. The molecule has 6 nitrogen and oxygen atoms in total. The smallest absolute Gasteiger partial charge is 0.315 e. The first-order valence-electron chi connectivity index (χ1n) is 9.08. The van der Waals surface area contributed by atoms with Gasteiger partial charge in [-0.25, -0.2) is 4.79 Å². The predicted molar refractivity (Wildman–Crippen MR) is 89.2 cm³/mol. The first-order valence-corrected chi connectivity index (χ1v) is 9.08. The number of hydrogen-bond donors (Lipinski definition) is 3. The van der Waals surface area contributed by atoms with E-state index < -0.39 is 0 Å². The number of urea groups is 1. The van der Waals surface area contributed by atoms with Crippen LogP contribution in [0, 0.1) is 5.92 Å². The molecule has 1 heterocycles. The Kier molecular flexibility index (Phi) is 7.65. The highest BCUT2D eigenvalue weighted by Gasteiger charge is 2.23. The Morgan fingerprint density at radius 3 is 2.48 bits per heavy atom. The summed E-state index contributed by atoms with van der Waals surface area (Å²) in [7, 11) is 0. The van der Waals surface area contributed by atoms with Crippen molar-refractivity contribution < 1.29 is 14.3 Å². The summed E-state index contributed by atoms with van der Waals surface area (Å²) in [4.78, 5) is 23.6. The fourth-order valence-corrected chi connectivity index (χ4v) is 3.45. The summed E-state index contributed by atoms with van der Waals surface area (Å²) in [6, 6.07) is -0.187. The molecule has 1 aliphatic heterocycles. The second-order valence-corrected chi connectivity index (χ2v) is 6.80. The molecule has 0 aromatic carbocycles. The fourth-order valence-electron chi connectivity index (χ4n) is 3.45. The molecular formula is C17H31N3O3. The van der Waals surface area contributed by atoms with Gasteiger partial charge in [0.15, 0.2) is 0 Å². The minimum absolute atomic E-state index is 0.0124. The van der Waals surface area contributed by atoms with Crippen LogP contribution in [0.2, 0.25) is 0 Å². The van der Waals surface area contributed by atoms with Crippen molar-refractivity contribution in [1.29, 1.82) is 0 Å². The van der Waals surface area contributed by atoms with Crippen molar-refractivity contribution >= 4 is 11.9 Å². The number of ether oxygens (including phenoxy) is 1. The molecule has 2 fully saturated rings. The van der Waals surface area contributed by atoms with E-state index in [0.29, 0.717) is 25.4 Å². The van der Waals surface area contributed by atoms with Crippen LogP contribution in [0.3, 0.4) is 0 Å².